The predicted molar refractivity (Wildman–Crippen MR) is 99.0 cm³/mol. The number of aliphatic hydroxyl groups is 1. The predicted octanol–water partition coefficient (Wildman–Crippen LogP) is 2.59. The smallest absolute Gasteiger partial charge is 0.198 e. The Morgan fingerprint density at radius 3 is 2.23 bits per heavy atom. The van der Waals surface area contributed by atoms with Gasteiger partial charge >= 0.3 is 0 Å². The lowest BCUT2D eigenvalue weighted by atomic mass is 9.83. The number of carbonyl (C=O) groups is 2. The van der Waals surface area contributed by atoms with Crippen molar-refractivity contribution in [3.63, 3.8) is 0 Å². The third-order valence-electron chi connectivity index (χ3n) is 4.21. The van der Waals surface area contributed by atoms with Gasteiger partial charge in [0.05, 0.1) is 5.56 Å². The van der Waals surface area contributed by atoms with Crippen molar-refractivity contribution in [1.82, 2.24) is 5.32 Å². The zero-order chi connectivity index (χ0) is 18.9. The molecule has 1 atom stereocenters. The van der Waals surface area contributed by atoms with Gasteiger partial charge in [-0.25, -0.2) is 0 Å². The number of rotatable bonds is 5. The van der Waals surface area contributed by atoms with E-state index < -0.39 is 6.10 Å². The molecule has 2 aromatic carbocycles. The molecule has 26 heavy (non-hydrogen) atoms. The highest BCUT2D eigenvalue weighted by molar-refractivity contribution is 6.29. The first kappa shape index (κ1) is 18.3. The number of nitrogens with one attached hydrogen (secondary N) is 1. The summed E-state index contributed by atoms with van der Waals surface area (Å²) in [6.07, 6.45) is -0.730. The van der Waals surface area contributed by atoms with Crippen LogP contribution in [0.15, 0.2) is 42.5 Å². The summed E-state index contributed by atoms with van der Waals surface area (Å²) in [6.45, 7) is 6.43. The molecule has 0 aliphatic heterocycles. The van der Waals surface area contributed by atoms with Gasteiger partial charge in [0.15, 0.2) is 11.6 Å². The highest BCUT2D eigenvalue weighted by Crippen LogP contribution is 2.33. The minimum Gasteiger partial charge on any atom is -0.490 e. The Balaban J connectivity index is 1.81. The van der Waals surface area contributed by atoms with Crippen LogP contribution in [0.2, 0.25) is 0 Å². The number of hydrogen-bond donors (Lipinski definition) is 2. The van der Waals surface area contributed by atoms with Crippen molar-refractivity contribution in [2.24, 2.45) is 0 Å². The average molecular weight is 353 g/mol. The van der Waals surface area contributed by atoms with E-state index in [9.17, 15) is 14.7 Å². The molecule has 0 saturated carbocycles. The van der Waals surface area contributed by atoms with E-state index in [1.807, 2.05) is 20.8 Å². The molecule has 136 valence electrons. The van der Waals surface area contributed by atoms with Gasteiger partial charge in [-0.2, -0.15) is 0 Å². The SMILES string of the molecule is CC(C)(C)NC[C@H](O)COc1cccc2c1C(=O)c1ccccc1C2=O. The lowest BCUT2D eigenvalue weighted by molar-refractivity contribution is 0.0936. The molecule has 2 N–H and O–H groups in total. The van der Waals surface area contributed by atoms with Crippen molar-refractivity contribution in [3.05, 3.63) is 64.7 Å². The van der Waals surface area contributed by atoms with Crippen LogP contribution in [0, 0.1) is 0 Å². The summed E-state index contributed by atoms with van der Waals surface area (Å²) in [7, 11) is 0. The van der Waals surface area contributed by atoms with Gasteiger partial charge in [-0.1, -0.05) is 36.4 Å². The molecule has 0 fully saturated rings. The summed E-state index contributed by atoms with van der Waals surface area (Å²) in [6, 6.07) is 11.8. The summed E-state index contributed by atoms with van der Waals surface area (Å²) < 4.78 is 5.70. The third-order valence-corrected chi connectivity index (χ3v) is 4.21. The summed E-state index contributed by atoms with van der Waals surface area (Å²) in [5.74, 6) is -0.0890. The minimum absolute atomic E-state index is 0.0304. The lowest BCUT2D eigenvalue weighted by Gasteiger charge is -2.24. The number of hydrogen-bond acceptors (Lipinski definition) is 5. The van der Waals surface area contributed by atoms with Crippen molar-refractivity contribution < 1.29 is 19.4 Å². The van der Waals surface area contributed by atoms with E-state index in [-0.39, 0.29) is 29.3 Å². The fourth-order valence-corrected chi connectivity index (χ4v) is 2.90. The standard InChI is InChI=1S/C21H23NO4/c1-21(2,3)22-11-13(23)12-26-17-10-6-9-16-18(17)20(25)15-8-5-4-7-14(15)19(16)24/h4-10,13,22-23H,11-12H2,1-3H3/t13-/m0/s1. The summed E-state index contributed by atoms with van der Waals surface area (Å²) in [5.41, 5.74) is 1.30. The molecule has 0 unspecified atom stereocenters. The van der Waals surface area contributed by atoms with E-state index in [0.29, 0.717) is 29.0 Å². The van der Waals surface area contributed by atoms with Crippen molar-refractivity contribution in [2.75, 3.05) is 13.2 Å². The van der Waals surface area contributed by atoms with E-state index in [1.165, 1.54) is 0 Å². The molecule has 3 rings (SSSR count). The molecule has 0 aromatic heterocycles. The maximum Gasteiger partial charge on any atom is 0.198 e. The Morgan fingerprint density at radius 2 is 1.58 bits per heavy atom. The van der Waals surface area contributed by atoms with E-state index in [4.69, 9.17) is 4.74 Å². The molecule has 0 spiro atoms. The van der Waals surface area contributed by atoms with Crippen molar-refractivity contribution in [3.8, 4) is 5.75 Å². The second kappa shape index (κ2) is 7.02. The van der Waals surface area contributed by atoms with Crippen LogP contribution in [0.25, 0.3) is 0 Å². The van der Waals surface area contributed by atoms with Crippen LogP contribution < -0.4 is 10.1 Å². The first-order valence-corrected chi connectivity index (χ1v) is 8.65. The molecule has 0 heterocycles. The Bertz CT molecular complexity index is 851. The molecule has 1 aliphatic rings. The van der Waals surface area contributed by atoms with Crippen molar-refractivity contribution in [1.29, 1.82) is 0 Å². The number of ether oxygens (including phenoxy) is 1. The minimum atomic E-state index is -0.730. The van der Waals surface area contributed by atoms with Crippen molar-refractivity contribution >= 4 is 11.6 Å². The van der Waals surface area contributed by atoms with Crippen LogP contribution in [0.4, 0.5) is 0 Å². The average Bonchev–Trinajstić information content (AvgIpc) is 2.62. The molecular formula is C21H23NO4. The second-order valence-corrected chi connectivity index (χ2v) is 7.48. The Hall–Kier alpha value is -2.50. The lowest BCUT2D eigenvalue weighted by Crippen LogP contribution is -2.42. The molecule has 0 saturated heterocycles. The van der Waals surface area contributed by atoms with Crippen LogP contribution in [0.1, 0.15) is 52.6 Å². The highest BCUT2D eigenvalue weighted by atomic mass is 16.5. The number of β-amino-alcohol motifs (C(OH)–C–C–N with tert-alkyl or cyclic N) is 1. The summed E-state index contributed by atoms with van der Waals surface area (Å²) in [5, 5.41) is 13.3. The molecule has 2 aromatic rings. The van der Waals surface area contributed by atoms with Crippen LogP contribution in [0.3, 0.4) is 0 Å². The number of carbonyl (C=O) groups excluding carboxylic acids is 2. The van der Waals surface area contributed by atoms with Gasteiger partial charge in [-0.05, 0) is 26.8 Å². The molecule has 5 heteroatoms. The zero-order valence-corrected chi connectivity index (χ0v) is 15.2. The fourth-order valence-electron chi connectivity index (χ4n) is 2.90. The highest BCUT2D eigenvalue weighted by Gasteiger charge is 2.32. The quantitative estimate of drug-likeness (QED) is 0.737. The summed E-state index contributed by atoms with van der Waals surface area (Å²) in [4.78, 5) is 25.6. The normalized spacial score (nSPS) is 14.6. The molecular weight excluding hydrogens is 330 g/mol. The van der Waals surface area contributed by atoms with Crippen molar-refractivity contribution in [2.45, 2.75) is 32.4 Å². The maximum absolute atomic E-state index is 12.9. The topological polar surface area (TPSA) is 75.6 Å². The molecule has 1 aliphatic carbocycles. The maximum atomic E-state index is 12.9. The summed E-state index contributed by atoms with van der Waals surface area (Å²) >= 11 is 0. The first-order chi connectivity index (χ1) is 12.3. The van der Waals surface area contributed by atoms with Gasteiger partial charge in [-0.3, -0.25) is 9.59 Å². The third kappa shape index (κ3) is 3.69. The molecule has 5 nitrogen and oxygen atoms in total. The van der Waals surface area contributed by atoms with Gasteiger partial charge in [0.1, 0.15) is 18.5 Å². The largest absolute Gasteiger partial charge is 0.490 e. The molecule has 0 bridgehead atoms. The number of ketones is 2. The second-order valence-electron chi connectivity index (χ2n) is 7.48. The first-order valence-electron chi connectivity index (χ1n) is 8.65. The number of benzene rings is 2. The van der Waals surface area contributed by atoms with Crippen LogP contribution in [-0.4, -0.2) is 41.5 Å². The number of aliphatic hydroxyl groups excluding tert-OH is 1. The van der Waals surface area contributed by atoms with Crippen LogP contribution in [0.5, 0.6) is 5.75 Å². The fraction of sp³-hybridized carbons (Fsp3) is 0.333. The van der Waals surface area contributed by atoms with E-state index in [1.54, 1.807) is 42.5 Å². The van der Waals surface area contributed by atoms with E-state index >= 15 is 0 Å². The van der Waals surface area contributed by atoms with E-state index in [2.05, 4.69) is 5.32 Å². The van der Waals surface area contributed by atoms with Gasteiger partial charge < -0.3 is 15.2 Å². The number of fused-ring (bicyclic) bond motifs is 2. The van der Waals surface area contributed by atoms with E-state index in [0.717, 1.165) is 0 Å². The van der Waals surface area contributed by atoms with Gasteiger partial charge in [-0.15, -0.1) is 0 Å². The van der Waals surface area contributed by atoms with Gasteiger partial charge in [0, 0.05) is 28.8 Å². The monoisotopic (exact) mass is 353 g/mol. The molecule has 0 amide bonds. The van der Waals surface area contributed by atoms with Crippen LogP contribution >= 0.6 is 0 Å². The van der Waals surface area contributed by atoms with Gasteiger partial charge in [0.2, 0.25) is 0 Å². The van der Waals surface area contributed by atoms with Gasteiger partial charge in [0.25, 0.3) is 0 Å². The van der Waals surface area contributed by atoms with Crippen LogP contribution in [-0.2, 0) is 0 Å². The Kier molecular flexibility index (Phi) is 4.94. The Morgan fingerprint density at radius 1 is 0.962 bits per heavy atom. The zero-order valence-electron chi connectivity index (χ0n) is 15.2. The Labute approximate surface area is 153 Å². The molecule has 0 radical (unpaired) electrons.